The number of hydrogen-bond acceptors (Lipinski definition) is 2. The van der Waals surface area contributed by atoms with Gasteiger partial charge in [0.15, 0.2) is 0 Å². The average molecular weight is 261 g/mol. The summed E-state index contributed by atoms with van der Waals surface area (Å²) in [6.07, 6.45) is 0. The topological polar surface area (TPSA) is 23.5 Å². The maximum absolute atomic E-state index is 9.46. The summed E-state index contributed by atoms with van der Waals surface area (Å²) in [6, 6.07) is 27.6. The van der Waals surface area contributed by atoms with Gasteiger partial charge in [-0.3, -0.25) is 0 Å². The van der Waals surface area contributed by atoms with Crippen molar-refractivity contribution in [1.29, 1.82) is 0 Å². The maximum Gasteiger partial charge on any atom is 0.115 e. The van der Waals surface area contributed by atoms with Gasteiger partial charge in [0.2, 0.25) is 0 Å². The number of aromatic hydroxyl groups is 1. The predicted molar refractivity (Wildman–Crippen MR) is 82.8 cm³/mol. The number of para-hydroxylation sites is 2. The second kappa shape index (κ2) is 5.49. The Morgan fingerprint density at radius 2 is 0.900 bits per heavy atom. The third-order valence-electron chi connectivity index (χ3n) is 3.14. The zero-order valence-electron chi connectivity index (χ0n) is 11.0. The molecule has 0 aliphatic heterocycles. The van der Waals surface area contributed by atoms with Crippen LogP contribution in [0.1, 0.15) is 0 Å². The first-order valence-corrected chi connectivity index (χ1v) is 6.54. The average Bonchev–Trinajstić information content (AvgIpc) is 2.52. The molecular weight excluding hydrogens is 246 g/mol. The van der Waals surface area contributed by atoms with Crippen molar-refractivity contribution in [2.75, 3.05) is 4.90 Å². The molecule has 3 aromatic rings. The van der Waals surface area contributed by atoms with Crippen LogP contribution in [-0.2, 0) is 0 Å². The first-order chi connectivity index (χ1) is 9.84. The molecule has 0 saturated heterocycles. The Bertz CT molecular complexity index is 623. The lowest BCUT2D eigenvalue weighted by molar-refractivity contribution is 0.475. The molecule has 20 heavy (non-hydrogen) atoms. The Labute approximate surface area is 118 Å². The van der Waals surface area contributed by atoms with E-state index in [-0.39, 0.29) is 5.75 Å². The van der Waals surface area contributed by atoms with E-state index in [9.17, 15) is 5.11 Å². The van der Waals surface area contributed by atoms with Gasteiger partial charge in [0.1, 0.15) is 5.75 Å². The standard InChI is InChI=1S/C18H15NO/c20-18-13-11-17(12-14-18)19(15-7-3-1-4-8-15)16-9-5-2-6-10-16/h1-14,20H. The van der Waals surface area contributed by atoms with Gasteiger partial charge in [0.25, 0.3) is 0 Å². The Kier molecular flexibility index (Phi) is 3.38. The Morgan fingerprint density at radius 1 is 0.500 bits per heavy atom. The van der Waals surface area contributed by atoms with Gasteiger partial charge in [-0.1, -0.05) is 36.4 Å². The summed E-state index contributed by atoms with van der Waals surface area (Å²) >= 11 is 0. The van der Waals surface area contributed by atoms with E-state index in [1.54, 1.807) is 12.1 Å². The largest absolute Gasteiger partial charge is 0.508 e. The molecule has 0 unspecified atom stereocenters. The van der Waals surface area contributed by atoms with Gasteiger partial charge in [-0.05, 0) is 48.5 Å². The van der Waals surface area contributed by atoms with Crippen LogP contribution in [0.3, 0.4) is 0 Å². The monoisotopic (exact) mass is 261 g/mol. The number of hydrogen-bond donors (Lipinski definition) is 1. The van der Waals surface area contributed by atoms with Gasteiger partial charge in [-0.25, -0.2) is 0 Å². The lowest BCUT2D eigenvalue weighted by atomic mass is 10.2. The molecule has 0 aromatic heterocycles. The number of anilines is 3. The summed E-state index contributed by atoms with van der Waals surface area (Å²) in [7, 11) is 0. The summed E-state index contributed by atoms with van der Waals surface area (Å²) in [5.41, 5.74) is 3.19. The molecule has 0 spiro atoms. The molecular formula is C18H15NO. The molecule has 2 nitrogen and oxygen atoms in total. The Hall–Kier alpha value is -2.74. The fourth-order valence-electron chi connectivity index (χ4n) is 2.20. The van der Waals surface area contributed by atoms with Crippen LogP contribution in [0.4, 0.5) is 17.1 Å². The van der Waals surface area contributed by atoms with Crippen LogP contribution in [0.2, 0.25) is 0 Å². The lowest BCUT2D eigenvalue weighted by Crippen LogP contribution is -2.09. The minimum Gasteiger partial charge on any atom is -0.508 e. The van der Waals surface area contributed by atoms with Gasteiger partial charge in [-0.15, -0.1) is 0 Å². The van der Waals surface area contributed by atoms with Crippen molar-refractivity contribution in [3.05, 3.63) is 84.9 Å². The molecule has 0 saturated carbocycles. The SMILES string of the molecule is Oc1ccc(N(c2ccccc2)c2ccccc2)cc1. The first kappa shape index (κ1) is 12.3. The normalized spacial score (nSPS) is 10.2. The van der Waals surface area contributed by atoms with Crippen LogP contribution in [0.15, 0.2) is 84.9 Å². The van der Waals surface area contributed by atoms with E-state index in [0.29, 0.717) is 0 Å². The number of nitrogens with zero attached hydrogens (tertiary/aromatic N) is 1. The highest BCUT2D eigenvalue weighted by atomic mass is 16.3. The fourth-order valence-corrected chi connectivity index (χ4v) is 2.20. The number of phenolic OH excluding ortho intramolecular Hbond substituents is 1. The van der Waals surface area contributed by atoms with E-state index < -0.39 is 0 Å². The summed E-state index contributed by atoms with van der Waals surface area (Å²) < 4.78 is 0. The smallest absolute Gasteiger partial charge is 0.115 e. The lowest BCUT2D eigenvalue weighted by Gasteiger charge is -2.25. The van der Waals surface area contributed by atoms with Crippen molar-refractivity contribution in [2.45, 2.75) is 0 Å². The molecule has 98 valence electrons. The van der Waals surface area contributed by atoms with Crippen LogP contribution in [0.25, 0.3) is 0 Å². The molecule has 0 radical (unpaired) electrons. The molecule has 0 fully saturated rings. The summed E-state index contributed by atoms with van der Waals surface area (Å²) in [5, 5.41) is 9.46. The Morgan fingerprint density at radius 3 is 1.35 bits per heavy atom. The van der Waals surface area contributed by atoms with Crippen molar-refractivity contribution in [1.82, 2.24) is 0 Å². The summed E-state index contributed by atoms with van der Waals surface area (Å²) in [6.45, 7) is 0. The second-order valence-corrected chi connectivity index (χ2v) is 4.52. The Balaban J connectivity index is 2.11. The zero-order chi connectivity index (χ0) is 13.8. The van der Waals surface area contributed by atoms with E-state index in [4.69, 9.17) is 0 Å². The highest BCUT2D eigenvalue weighted by Crippen LogP contribution is 2.34. The first-order valence-electron chi connectivity index (χ1n) is 6.54. The molecule has 0 amide bonds. The van der Waals surface area contributed by atoms with E-state index in [2.05, 4.69) is 29.2 Å². The van der Waals surface area contributed by atoms with Crippen molar-refractivity contribution in [3.8, 4) is 5.75 Å². The van der Waals surface area contributed by atoms with Crippen LogP contribution in [0, 0.1) is 0 Å². The van der Waals surface area contributed by atoms with Gasteiger partial charge >= 0.3 is 0 Å². The van der Waals surface area contributed by atoms with E-state index >= 15 is 0 Å². The van der Waals surface area contributed by atoms with Crippen LogP contribution < -0.4 is 4.90 Å². The van der Waals surface area contributed by atoms with Gasteiger partial charge in [0, 0.05) is 17.1 Å². The molecule has 2 heteroatoms. The number of phenols is 1. The predicted octanol–water partition coefficient (Wildman–Crippen LogP) is 4.86. The molecule has 0 aliphatic carbocycles. The van der Waals surface area contributed by atoms with Gasteiger partial charge in [-0.2, -0.15) is 0 Å². The zero-order valence-corrected chi connectivity index (χ0v) is 11.0. The molecule has 1 N–H and O–H groups in total. The van der Waals surface area contributed by atoms with Crippen molar-refractivity contribution in [2.24, 2.45) is 0 Å². The van der Waals surface area contributed by atoms with E-state index in [1.807, 2.05) is 48.5 Å². The van der Waals surface area contributed by atoms with Crippen LogP contribution in [-0.4, -0.2) is 5.11 Å². The second-order valence-electron chi connectivity index (χ2n) is 4.52. The minimum atomic E-state index is 0.273. The van der Waals surface area contributed by atoms with Crippen molar-refractivity contribution in [3.63, 3.8) is 0 Å². The van der Waals surface area contributed by atoms with Crippen molar-refractivity contribution < 1.29 is 5.11 Å². The summed E-state index contributed by atoms with van der Waals surface area (Å²) in [4.78, 5) is 2.15. The quantitative estimate of drug-likeness (QED) is 0.727. The highest BCUT2D eigenvalue weighted by Gasteiger charge is 2.11. The molecule has 0 aliphatic rings. The van der Waals surface area contributed by atoms with E-state index in [1.165, 1.54) is 0 Å². The van der Waals surface area contributed by atoms with Gasteiger partial charge < -0.3 is 10.0 Å². The third-order valence-corrected chi connectivity index (χ3v) is 3.14. The molecule has 3 aromatic carbocycles. The molecule has 0 atom stereocenters. The van der Waals surface area contributed by atoms with Crippen molar-refractivity contribution >= 4 is 17.1 Å². The third kappa shape index (κ3) is 2.50. The molecule has 0 bridgehead atoms. The molecule has 3 rings (SSSR count). The minimum absolute atomic E-state index is 0.273. The summed E-state index contributed by atoms with van der Waals surface area (Å²) in [5.74, 6) is 0.273. The number of rotatable bonds is 3. The number of benzene rings is 3. The fraction of sp³-hybridized carbons (Fsp3) is 0. The van der Waals surface area contributed by atoms with Crippen LogP contribution >= 0.6 is 0 Å². The molecule has 0 heterocycles. The van der Waals surface area contributed by atoms with Gasteiger partial charge in [0.05, 0.1) is 0 Å². The van der Waals surface area contributed by atoms with E-state index in [0.717, 1.165) is 17.1 Å². The highest BCUT2D eigenvalue weighted by molar-refractivity contribution is 5.76. The van der Waals surface area contributed by atoms with Crippen LogP contribution in [0.5, 0.6) is 5.75 Å². The maximum atomic E-state index is 9.46.